The van der Waals surface area contributed by atoms with Crippen LogP contribution in [0.25, 0.3) is 16.5 Å². The Morgan fingerprint density at radius 1 is 1.10 bits per heavy atom. The molecule has 1 aliphatic carbocycles. The smallest absolute Gasteiger partial charge is 0.252 e. The molecule has 42 heavy (non-hydrogen) atoms. The molecule has 7 atom stereocenters. The van der Waals surface area contributed by atoms with Crippen molar-refractivity contribution in [3.05, 3.63) is 41.6 Å². The fourth-order valence-corrected chi connectivity index (χ4v) is 7.54. The standard InChI is InChI=1S/C33H43N5O4/c1-6-18(3)28(32(41)38-29(19(4)7-2)33(42)37-13-9-12-25(37)31(38)40)35-30(39)21-14-23-22-10-8-11-24-27(22)20(16-34-24)15-26(23)36(5)17-21/h8,10-11,14,16,18-19,21,25-26,28-29,34H,6-7,9,12-13,15,17H2,1-5H3,(H,35,39)/t18?,19?,21-,25-,26?,28+,29+/m1/s1. The van der Waals surface area contributed by atoms with Gasteiger partial charge in [-0.05, 0) is 60.9 Å². The fraction of sp³-hybridized carbons (Fsp3) is 0.576. The SMILES string of the molecule is CCC(C)[C@H](NC(=O)[C@@H]1C=C2c3cccc4[nH]cc(c34)CC2N(C)C1)C(=O)N1C(=O)[C@H]2CCCN2C(=O)[C@@H]1C(C)CC. The van der Waals surface area contributed by atoms with Gasteiger partial charge in [-0.2, -0.15) is 0 Å². The predicted molar refractivity (Wildman–Crippen MR) is 161 cm³/mol. The van der Waals surface area contributed by atoms with E-state index in [9.17, 15) is 19.2 Å². The molecule has 2 fully saturated rings. The third-order valence-electron chi connectivity index (χ3n) is 10.4. The van der Waals surface area contributed by atoms with Crippen molar-refractivity contribution in [3.63, 3.8) is 0 Å². The van der Waals surface area contributed by atoms with Gasteiger partial charge >= 0.3 is 0 Å². The summed E-state index contributed by atoms with van der Waals surface area (Å²) in [7, 11) is 2.05. The molecule has 3 aliphatic heterocycles. The van der Waals surface area contributed by atoms with Crippen LogP contribution in [-0.4, -0.2) is 87.6 Å². The summed E-state index contributed by atoms with van der Waals surface area (Å²) in [6.45, 7) is 8.88. The van der Waals surface area contributed by atoms with E-state index in [1.54, 1.807) is 4.90 Å². The summed E-state index contributed by atoms with van der Waals surface area (Å²) in [6.07, 6.45) is 7.67. The van der Waals surface area contributed by atoms with E-state index < -0.39 is 30.0 Å². The van der Waals surface area contributed by atoms with Crippen LogP contribution in [0.4, 0.5) is 0 Å². The summed E-state index contributed by atoms with van der Waals surface area (Å²) in [4.78, 5) is 64.1. The minimum absolute atomic E-state index is 0.144. The van der Waals surface area contributed by atoms with Gasteiger partial charge in [-0.1, -0.05) is 58.7 Å². The third kappa shape index (κ3) is 4.48. The first kappa shape index (κ1) is 28.6. The maximum atomic E-state index is 14.3. The van der Waals surface area contributed by atoms with E-state index in [1.807, 2.05) is 33.8 Å². The number of nitrogens with zero attached hydrogens (tertiary/aromatic N) is 3. The van der Waals surface area contributed by atoms with Crippen molar-refractivity contribution in [1.29, 1.82) is 0 Å². The number of aromatic amines is 1. The van der Waals surface area contributed by atoms with E-state index >= 15 is 0 Å². The van der Waals surface area contributed by atoms with Gasteiger partial charge < -0.3 is 15.2 Å². The lowest BCUT2D eigenvalue weighted by atomic mass is 9.79. The van der Waals surface area contributed by atoms with Gasteiger partial charge in [-0.15, -0.1) is 0 Å². The highest BCUT2D eigenvalue weighted by Crippen LogP contribution is 2.41. The van der Waals surface area contributed by atoms with Crippen molar-refractivity contribution in [1.82, 2.24) is 25.0 Å². The molecule has 1 aromatic heterocycles. The molecule has 3 unspecified atom stereocenters. The number of aromatic nitrogens is 1. The number of rotatable bonds is 7. The van der Waals surface area contributed by atoms with E-state index in [4.69, 9.17) is 0 Å². The number of benzene rings is 1. The van der Waals surface area contributed by atoms with Gasteiger partial charge in [-0.25, -0.2) is 0 Å². The van der Waals surface area contributed by atoms with E-state index in [2.05, 4.69) is 46.7 Å². The largest absolute Gasteiger partial charge is 0.361 e. The highest BCUT2D eigenvalue weighted by Gasteiger charge is 2.53. The Labute approximate surface area is 247 Å². The number of H-pyrrole nitrogens is 1. The molecule has 0 radical (unpaired) electrons. The number of hydrogen-bond acceptors (Lipinski definition) is 5. The Kier molecular flexibility index (Phi) is 7.50. The minimum Gasteiger partial charge on any atom is -0.361 e. The van der Waals surface area contributed by atoms with Crippen molar-refractivity contribution in [3.8, 4) is 0 Å². The van der Waals surface area contributed by atoms with Crippen LogP contribution in [0, 0.1) is 17.8 Å². The molecule has 6 rings (SSSR count). The van der Waals surface area contributed by atoms with E-state index in [1.165, 1.54) is 15.8 Å². The molecule has 0 saturated carbocycles. The van der Waals surface area contributed by atoms with E-state index in [0.29, 0.717) is 32.4 Å². The Morgan fingerprint density at radius 3 is 2.62 bits per heavy atom. The van der Waals surface area contributed by atoms with E-state index in [0.717, 1.165) is 29.5 Å². The molecule has 0 bridgehead atoms. The number of piperazine rings is 1. The van der Waals surface area contributed by atoms with Gasteiger partial charge in [0.2, 0.25) is 11.8 Å². The second-order valence-electron chi connectivity index (χ2n) is 12.9. The summed E-state index contributed by atoms with van der Waals surface area (Å²) in [5.41, 5.74) is 4.67. The third-order valence-corrected chi connectivity index (χ3v) is 10.4. The lowest BCUT2D eigenvalue weighted by Crippen LogP contribution is -2.69. The van der Waals surface area contributed by atoms with Crippen LogP contribution in [0.1, 0.15) is 64.5 Å². The summed E-state index contributed by atoms with van der Waals surface area (Å²) >= 11 is 0. The quantitative estimate of drug-likeness (QED) is 0.529. The highest BCUT2D eigenvalue weighted by molar-refractivity contribution is 6.09. The van der Waals surface area contributed by atoms with Gasteiger partial charge in [0.05, 0.1) is 5.92 Å². The number of likely N-dealkylation sites (N-methyl/N-ethyl adjacent to an activating group) is 1. The molecule has 9 heteroatoms. The summed E-state index contributed by atoms with van der Waals surface area (Å²) < 4.78 is 0. The van der Waals surface area contributed by atoms with Crippen LogP contribution in [0.2, 0.25) is 0 Å². The van der Waals surface area contributed by atoms with Gasteiger partial charge in [0.25, 0.3) is 11.8 Å². The Morgan fingerprint density at radius 2 is 1.88 bits per heavy atom. The van der Waals surface area contributed by atoms with Gasteiger partial charge in [0, 0.05) is 36.2 Å². The number of hydrogen-bond donors (Lipinski definition) is 2. The molecular weight excluding hydrogens is 530 g/mol. The van der Waals surface area contributed by atoms with Gasteiger partial charge in [-0.3, -0.25) is 29.0 Å². The molecule has 224 valence electrons. The second kappa shape index (κ2) is 11.0. The van der Waals surface area contributed by atoms with Crippen LogP contribution in [0.3, 0.4) is 0 Å². The average Bonchev–Trinajstić information content (AvgIpc) is 3.66. The Bertz CT molecular complexity index is 1460. The van der Waals surface area contributed by atoms with Crippen molar-refractivity contribution in [2.24, 2.45) is 17.8 Å². The molecule has 4 amide bonds. The first-order chi connectivity index (χ1) is 20.2. The second-order valence-corrected chi connectivity index (χ2v) is 12.9. The average molecular weight is 574 g/mol. The lowest BCUT2D eigenvalue weighted by Gasteiger charge is -2.45. The Balaban J connectivity index is 1.30. The lowest BCUT2D eigenvalue weighted by molar-refractivity contribution is -0.169. The maximum absolute atomic E-state index is 14.3. The molecule has 1 aromatic carbocycles. The molecule has 2 N–H and O–H groups in total. The molecule has 2 saturated heterocycles. The minimum atomic E-state index is -0.897. The van der Waals surface area contributed by atoms with Crippen molar-refractivity contribution in [2.45, 2.75) is 84.0 Å². The van der Waals surface area contributed by atoms with Crippen LogP contribution in [0.15, 0.2) is 30.5 Å². The number of fused-ring (bicyclic) bond motifs is 3. The molecule has 4 heterocycles. The van der Waals surface area contributed by atoms with Gasteiger partial charge in [0.15, 0.2) is 0 Å². The highest BCUT2D eigenvalue weighted by atomic mass is 16.2. The zero-order valence-electron chi connectivity index (χ0n) is 25.4. The molecule has 4 aliphatic rings. The zero-order valence-corrected chi connectivity index (χ0v) is 25.4. The first-order valence-corrected chi connectivity index (χ1v) is 15.6. The molecule has 2 aromatic rings. The maximum Gasteiger partial charge on any atom is 0.252 e. The van der Waals surface area contributed by atoms with Crippen LogP contribution >= 0.6 is 0 Å². The Hall–Kier alpha value is -3.46. The fourth-order valence-electron chi connectivity index (χ4n) is 7.54. The summed E-state index contributed by atoms with van der Waals surface area (Å²) in [5.74, 6) is -1.97. The van der Waals surface area contributed by atoms with Crippen LogP contribution < -0.4 is 5.32 Å². The van der Waals surface area contributed by atoms with Crippen molar-refractivity contribution >= 4 is 40.1 Å². The number of carbonyl (C=O) groups is 4. The monoisotopic (exact) mass is 573 g/mol. The van der Waals surface area contributed by atoms with Gasteiger partial charge in [0.1, 0.15) is 18.1 Å². The summed E-state index contributed by atoms with van der Waals surface area (Å²) in [6, 6.07) is 4.09. The number of carbonyl (C=O) groups excluding carboxylic acids is 4. The number of imide groups is 1. The van der Waals surface area contributed by atoms with Crippen molar-refractivity contribution in [2.75, 3.05) is 20.1 Å². The van der Waals surface area contributed by atoms with E-state index in [-0.39, 0.29) is 35.6 Å². The molecule has 0 spiro atoms. The first-order valence-electron chi connectivity index (χ1n) is 15.6. The topological polar surface area (TPSA) is 106 Å². The summed E-state index contributed by atoms with van der Waals surface area (Å²) in [5, 5.41) is 4.29. The zero-order chi connectivity index (χ0) is 29.9. The number of amides is 4. The van der Waals surface area contributed by atoms with Crippen molar-refractivity contribution < 1.29 is 19.2 Å². The normalized spacial score (nSPS) is 27.8. The number of nitrogens with one attached hydrogen (secondary N) is 2. The molecule has 9 nitrogen and oxygen atoms in total. The predicted octanol–water partition coefficient (Wildman–Crippen LogP) is 3.34. The molecular formula is C33H43N5O4. The van der Waals surface area contributed by atoms with Crippen LogP contribution in [-0.2, 0) is 25.6 Å². The van der Waals surface area contributed by atoms with Crippen LogP contribution in [0.5, 0.6) is 0 Å².